The first kappa shape index (κ1) is 14.2. The van der Waals surface area contributed by atoms with Crippen LogP contribution in [0.2, 0.25) is 0 Å². The van der Waals surface area contributed by atoms with Gasteiger partial charge in [0.2, 0.25) is 10.0 Å². The van der Waals surface area contributed by atoms with Gasteiger partial charge in [-0.05, 0) is 37.0 Å². The van der Waals surface area contributed by atoms with Crippen molar-refractivity contribution in [3.8, 4) is 5.75 Å². The molecule has 5 nitrogen and oxygen atoms in total. The van der Waals surface area contributed by atoms with E-state index < -0.39 is 21.9 Å². The van der Waals surface area contributed by atoms with Gasteiger partial charge in [-0.1, -0.05) is 0 Å². The molecule has 0 aromatic heterocycles. The van der Waals surface area contributed by atoms with Crippen LogP contribution in [0.3, 0.4) is 0 Å². The van der Waals surface area contributed by atoms with E-state index in [1.807, 2.05) is 0 Å². The SMILES string of the molecule is COc1ccc(S(=O)(=O)NCC(O)C2CC2)cc1F. The Morgan fingerprint density at radius 3 is 2.74 bits per heavy atom. The van der Waals surface area contributed by atoms with Crippen LogP contribution in [0.25, 0.3) is 0 Å². The zero-order valence-electron chi connectivity index (χ0n) is 10.5. The van der Waals surface area contributed by atoms with E-state index in [4.69, 9.17) is 4.74 Å². The summed E-state index contributed by atoms with van der Waals surface area (Å²) >= 11 is 0. The van der Waals surface area contributed by atoms with E-state index in [1.165, 1.54) is 19.2 Å². The Hall–Kier alpha value is -1.18. The molecule has 2 N–H and O–H groups in total. The number of sulfonamides is 1. The molecule has 0 amide bonds. The maximum absolute atomic E-state index is 13.5. The minimum Gasteiger partial charge on any atom is -0.494 e. The molecule has 1 unspecified atom stereocenters. The number of aliphatic hydroxyl groups is 1. The average molecular weight is 289 g/mol. The molecule has 0 spiro atoms. The minimum absolute atomic E-state index is 0.0167. The highest BCUT2D eigenvalue weighted by Crippen LogP contribution is 2.32. The normalized spacial score (nSPS) is 17.2. The molecule has 1 aromatic rings. The van der Waals surface area contributed by atoms with Gasteiger partial charge in [0.25, 0.3) is 0 Å². The van der Waals surface area contributed by atoms with E-state index in [1.54, 1.807) is 0 Å². The lowest BCUT2D eigenvalue weighted by Crippen LogP contribution is -2.33. The molecule has 19 heavy (non-hydrogen) atoms. The quantitative estimate of drug-likeness (QED) is 0.815. The lowest BCUT2D eigenvalue weighted by atomic mass is 10.2. The third-order valence-electron chi connectivity index (χ3n) is 3.08. The fourth-order valence-electron chi connectivity index (χ4n) is 1.74. The molecule has 0 radical (unpaired) electrons. The monoisotopic (exact) mass is 289 g/mol. The summed E-state index contributed by atoms with van der Waals surface area (Å²) in [5.74, 6) is -0.583. The van der Waals surface area contributed by atoms with Crippen molar-refractivity contribution in [2.24, 2.45) is 5.92 Å². The molecule has 7 heteroatoms. The molecule has 1 fully saturated rings. The summed E-state index contributed by atoms with van der Waals surface area (Å²) in [5.41, 5.74) is 0. The van der Waals surface area contributed by atoms with Crippen LogP contribution in [-0.2, 0) is 10.0 Å². The lowest BCUT2D eigenvalue weighted by molar-refractivity contribution is 0.155. The Bertz CT molecular complexity index is 557. The number of halogens is 1. The Morgan fingerprint density at radius 1 is 1.53 bits per heavy atom. The van der Waals surface area contributed by atoms with E-state index in [0.717, 1.165) is 18.9 Å². The van der Waals surface area contributed by atoms with Gasteiger partial charge in [0.15, 0.2) is 11.6 Å². The van der Waals surface area contributed by atoms with Crippen LogP contribution in [0, 0.1) is 11.7 Å². The molecular weight excluding hydrogens is 273 g/mol. The topological polar surface area (TPSA) is 75.6 Å². The smallest absolute Gasteiger partial charge is 0.240 e. The minimum atomic E-state index is -3.81. The van der Waals surface area contributed by atoms with Crippen molar-refractivity contribution in [2.45, 2.75) is 23.8 Å². The molecule has 1 saturated carbocycles. The highest BCUT2D eigenvalue weighted by atomic mass is 32.2. The van der Waals surface area contributed by atoms with Crippen LogP contribution in [0.5, 0.6) is 5.75 Å². The van der Waals surface area contributed by atoms with Gasteiger partial charge in [-0.2, -0.15) is 0 Å². The fraction of sp³-hybridized carbons (Fsp3) is 0.500. The number of benzene rings is 1. The van der Waals surface area contributed by atoms with Crippen molar-refractivity contribution in [3.05, 3.63) is 24.0 Å². The van der Waals surface area contributed by atoms with Gasteiger partial charge in [-0.15, -0.1) is 0 Å². The van der Waals surface area contributed by atoms with Gasteiger partial charge in [-0.3, -0.25) is 0 Å². The van der Waals surface area contributed by atoms with Crippen LogP contribution in [0.1, 0.15) is 12.8 Å². The van der Waals surface area contributed by atoms with Crippen LogP contribution in [0.4, 0.5) is 4.39 Å². The van der Waals surface area contributed by atoms with E-state index in [0.29, 0.717) is 0 Å². The molecular formula is C12H16FNO4S. The molecule has 2 rings (SSSR count). The maximum atomic E-state index is 13.5. The third kappa shape index (κ3) is 3.43. The number of hydrogen-bond donors (Lipinski definition) is 2. The highest BCUT2D eigenvalue weighted by Gasteiger charge is 2.30. The van der Waals surface area contributed by atoms with Crippen molar-refractivity contribution in [1.29, 1.82) is 0 Å². The second-order valence-corrected chi connectivity index (χ2v) is 6.32. The largest absolute Gasteiger partial charge is 0.494 e. The molecule has 0 heterocycles. The molecule has 1 aromatic carbocycles. The second kappa shape index (κ2) is 5.44. The molecule has 0 bridgehead atoms. The predicted octanol–water partition coefficient (Wildman–Crippen LogP) is 0.883. The van der Waals surface area contributed by atoms with Crippen LogP contribution >= 0.6 is 0 Å². The van der Waals surface area contributed by atoms with E-state index in [-0.39, 0.29) is 23.1 Å². The number of ether oxygens (including phenoxy) is 1. The van der Waals surface area contributed by atoms with Crippen molar-refractivity contribution in [3.63, 3.8) is 0 Å². The summed E-state index contributed by atoms with van der Waals surface area (Å²) in [7, 11) is -2.51. The summed E-state index contributed by atoms with van der Waals surface area (Å²) in [6, 6.07) is 3.40. The third-order valence-corrected chi connectivity index (χ3v) is 4.50. The Labute approximate surface area is 111 Å². The van der Waals surface area contributed by atoms with Crippen molar-refractivity contribution in [1.82, 2.24) is 4.72 Å². The zero-order valence-corrected chi connectivity index (χ0v) is 11.3. The Morgan fingerprint density at radius 2 is 2.21 bits per heavy atom. The number of hydrogen-bond acceptors (Lipinski definition) is 4. The van der Waals surface area contributed by atoms with Crippen LogP contribution < -0.4 is 9.46 Å². The van der Waals surface area contributed by atoms with Crippen LogP contribution in [0.15, 0.2) is 23.1 Å². The number of aliphatic hydroxyl groups excluding tert-OH is 1. The highest BCUT2D eigenvalue weighted by molar-refractivity contribution is 7.89. The standard InChI is InChI=1S/C12H16FNO4S/c1-18-12-5-4-9(6-10(12)13)19(16,17)14-7-11(15)8-2-3-8/h4-6,8,11,14-15H,2-3,7H2,1H3. The molecule has 1 aliphatic carbocycles. The molecule has 0 saturated heterocycles. The van der Waals surface area contributed by atoms with Gasteiger partial charge in [0, 0.05) is 6.54 Å². The predicted molar refractivity (Wildman–Crippen MR) is 66.9 cm³/mol. The van der Waals surface area contributed by atoms with Crippen molar-refractivity contribution >= 4 is 10.0 Å². The van der Waals surface area contributed by atoms with Crippen molar-refractivity contribution in [2.75, 3.05) is 13.7 Å². The average Bonchev–Trinajstić information content (AvgIpc) is 3.20. The molecule has 1 atom stereocenters. The molecule has 0 aliphatic heterocycles. The first-order chi connectivity index (χ1) is 8.94. The van der Waals surface area contributed by atoms with Crippen molar-refractivity contribution < 1.29 is 22.7 Å². The van der Waals surface area contributed by atoms with Gasteiger partial charge in [0.1, 0.15) is 0 Å². The zero-order chi connectivity index (χ0) is 14.0. The molecule has 1 aliphatic rings. The van der Waals surface area contributed by atoms with E-state index in [9.17, 15) is 17.9 Å². The molecule has 106 valence electrons. The number of rotatable bonds is 6. The first-order valence-corrected chi connectivity index (χ1v) is 7.43. The summed E-state index contributed by atoms with van der Waals surface area (Å²) in [4.78, 5) is -0.186. The number of nitrogens with one attached hydrogen (secondary N) is 1. The summed E-state index contributed by atoms with van der Waals surface area (Å²) < 4.78 is 44.3. The maximum Gasteiger partial charge on any atom is 0.240 e. The van der Waals surface area contributed by atoms with Gasteiger partial charge in [-0.25, -0.2) is 17.5 Å². The summed E-state index contributed by atoms with van der Waals surface area (Å²) in [6.07, 6.45) is 1.15. The number of methoxy groups -OCH3 is 1. The van der Waals surface area contributed by atoms with Gasteiger partial charge in [0.05, 0.1) is 18.1 Å². The van der Waals surface area contributed by atoms with E-state index in [2.05, 4.69) is 4.72 Å². The second-order valence-electron chi connectivity index (χ2n) is 4.55. The van der Waals surface area contributed by atoms with Gasteiger partial charge >= 0.3 is 0 Å². The first-order valence-electron chi connectivity index (χ1n) is 5.95. The Balaban J connectivity index is 2.07. The van der Waals surface area contributed by atoms with Gasteiger partial charge < -0.3 is 9.84 Å². The Kier molecular flexibility index (Phi) is 4.07. The fourth-order valence-corrected chi connectivity index (χ4v) is 2.80. The summed E-state index contributed by atoms with van der Waals surface area (Å²) in [6.45, 7) is -0.0549. The van der Waals surface area contributed by atoms with Crippen LogP contribution in [-0.4, -0.2) is 33.3 Å². The summed E-state index contributed by atoms with van der Waals surface area (Å²) in [5, 5.41) is 9.61. The van der Waals surface area contributed by atoms with E-state index >= 15 is 0 Å². The lowest BCUT2D eigenvalue weighted by Gasteiger charge is -2.11.